The van der Waals surface area contributed by atoms with Crippen molar-refractivity contribution < 1.29 is 9.53 Å². The van der Waals surface area contributed by atoms with E-state index in [2.05, 4.69) is 15.9 Å². The fraction of sp³-hybridized carbons (Fsp3) is 0.417. The topological polar surface area (TPSA) is 78.3 Å². The highest BCUT2D eigenvalue weighted by molar-refractivity contribution is 9.10. The number of amides is 1. The molecule has 1 atom stereocenters. The summed E-state index contributed by atoms with van der Waals surface area (Å²) in [6, 6.07) is 5.78. The minimum Gasteiger partial charge on any atom is -0.491 e. The summed E-state index contributed by atoms with van der Waals surface area (Å²) < 4.78 is 6.50. The summed E-state index contributed by atoms with van der Waals surface area (Å²) in [6.45, 7) is 2.56. The molecule has 0 bridgehead atoms. The first kappa shape index (κ1) is 14.0. The molecule has 0 aliphatic carbocycles. The Morgan fingerprint density at radius 1 is 1.53 bits per heavy atom. The first-order chi connectivity index (χ1) is 8.06. The van der Waals surface area contributed by atoms with E-state index in [-0.39, 0.29) is 18.4 Å². The normalized spacial score (nSPS) is 12.2. The van der Waals surface area contributed by atoms with Crippen LogP contribution in [0, 0.1) is 5.92 Å². The minimum absolute atomic E-state index is 0.273. The van der Waals surface area contributed by atoms with Gasteiger partial charge in [-0.1, -0.05) is 19.1 Å². The van der Waals surface area contributed by atoms with Gasteiger partial charge in [-0.3, -0.25) is 4.79 Å². The van der Waals surface area contributed by atoms with Gasteiger partial charge in [-0.15, -0.1) is 0 Å². The third kappa shape index (κ3) is 4.02. The van der Waals surface area contributed by atoms with Gasteiger partial charge < -0.3 is 16.2 Å². The quantitative estimate of drug-likeness (QED) is 0.834. The number of carbonyl (C=O) groups excluding carboxylic acids is 1. The van der Waals surface area contributed by atoms with Gasteiger partial charge in [0.25, 0.3) is 0 Å². The van der Waals surface area contributed by atoms with E-state index in [4.69, 9.17) is 16.2 Å². The van der Waals surface area contributed by atoms with Crippen molar-refractivity contribution in [1.29, 1.82) is 0 Å². The molecule has 0 saturated carbocycles. The molecular formula is C12H17BrN2O2. The second-order valence-corrected chi connectivity index (χ2v) is 4.74. The van der Waals surface area contributed by atoms with E-state index >= 15 is 0 Å². The second-order valence-electron chi connectivity index (χ2n) is 3.88. The van der Waals surface area contributed by atoms with Gasteiger partial charge in [-0.05, 0) is 40.5 Å². The number of ether oxygens (including phenoxy) is 1. The summed E-state index contributed by atoms with van der Waals surface area (Å²) in [4.78, 5) is 10.9. The van der Waals surface area contributed by atoms with E-state index in [1.165, 1.54) is 0 Å². The average Bonchev–Trinajstić information content (AvgIpc) is 2.28. The molecule has 17 heavy (non-hydrogen) atoms. The summed E-state index contributed by atoms with van der Waals surface area (Å²) >= 11 is 3.42. The Balaban J connectivity index is 2.78. The molecule has 4 nitrogen and oxygen atoms in total. The number of para-hydroxylation sites is 1. The van der Waals surface area contributed by atoms with E-state index in [9.17, 15) is 4.79 Å². The van der Waals surface area contributed by atoms with Gasteiger partial charge in [0.05, 0.1) is 17.0 Å². The lowest BCUT2D eigenvalue weighted by Crippen LogP contribution is -2.26. The predicted octanol–water partition coefficient (Wildman–Crippen LogP) is 1.45. The van der Waals surface area contributed by atoms with Crippen LogP contribution in [0.2, 0.25) is 0 Å². The highest BCUT2D eigenvalue weighted by atomic mass is 79.9. The van der Waals surface area contributed by atoms with Crippen molar-refractivity contribution in [1.82, 2.24) is 0 Å². The molecular weight excluding hydrogens is 284 g/mol. The van der Waals surface area contributed by atoms with Gasteiger partial charge in [0, 0.05) is 0 Å². The lowest BCUT2D eigenvalue weighted by atomic mass is 10.1. The van der Waals surface area contributed by atoms with E-state index in [0.29, 0.717) is 6.54 Å². The van der Waals surface area contributed by atoms with Crippen LogP contribution in [-0.4, -0.2) is 19.1 Å². The van der Waals surface area contributed by atoms with Crippen LogP contribution in [-0.2, 0) is 11.2 Å². The van der Waals surface area contributed by atoms with E-state index in [0.717, 1.165) is 22.2 Å². The van der Waals surface area contributed by atoms with Gasteiger partial charge in [0.1, 0.15) is 5.75 Å². The molecule has 1 aromatic rings. The van der Waals surface area contributed by atoms with Crippen molar-refractivity contribution in [2.24, 2.45) is 17.4 Å². The minimum atomic E-state index is -0.363. The number of rotatable bonds is 6. The number of benzene rings is 1. The summed E-state index contributed by atoms with van der Waals surface area (Å²) in [5.41, 5.74) is 11.7. The van der Waals surface area contributed by atoms with Crippen molar-refractivity contribution >= 4 is 21.8 Å². The Morgan fingerprint density at radius 2 is 2.24 bits per heavy atom. The molecule has 1 amide bonds. The largest absolute Gasteiger partial charge is 0.491 e. The van der Waals surface area contributed by atoms with Crippen molar-refractivity contribution in [2.45, 2.75) is 13.3 Å². The molecule has 1 unspecified atom stereocenters. The lowest BCUT2D eigenvalue weighted by Gasteiger charge is -2.15. The molecule has 0 heterocycles. The number of hydrogen-bond donors (Lipinski definition) is 2. The molecule has 1 aromatic carbocycles. The highest BCUT2D eigenvalue weighted by Crippen LogP contribution is 2.29. The summed E-state index contributed by atoms with van der Waals surface area (Å²) in [6.07, 6.45) is 0.736. The molecule has 0 aromatic heterocycles. The Bertz CT molecular complexity index is 396. The zero-order valence-electron chi connectivity index (χ0n) is 9.78. The number of nitrogens with two attached hydrogens (primary N) is 2. The molecule has 5 heteroatoms. The molecule has 4 N–H and O–H groups in total. The summed E-state index contributed by atoms with van der Waals surface area (Å²) in [5, 5.41) is 0. The fourth-order valence-electron chi connectivity index (χ4n) is 1.36. The second kappa shape index (κ2) is 6.61. The van der Waals surface area contributed by atoms with Crippen LogP contribution >= 0.6 is 15.9 Å². The van der Waals surface area contributed by atoms with Gasteiger partial charge in [-0.2, -0.15) is 0 Å². The zero-order valence-corrected chi connectivity index (χ0v) is 11.4. The van der Waals surface area contributed by atoms with Gasteiger partial charge in [-0.25, -0.2) is 0 Å². The van der Waals surface area contributed by atoms with Crippen LogP contribution in [0.15, 0.2) is 22.7 Å². The number of primary amides is 1. The lowest BCUT2D eigenvalue weighted by molar-refractivity contribution is -0.122. The maximum absolute atomic E-state index is 10.9. The van der Waals surface area contributed by atoms with Crippen LogP contribution in [0.25, 0.3) is 0 Å². The maximum atomic E-state index is 10.9. The third-order valence-electron chi connectivity index (χ3n) is 2.43. The van der Waals surface area contributed by atoms with Crippen LogP contribution in [0.1, 0.15) is 12.5 Å². The van der Waals surface area contributed by atoms with Crippen LogP contribution < -0.4 is 16.2 Å². The number of halogens is 1. The predicted molar refractivity (Wildman–Crippen MR) is 70.8 cm³/mol. The monoisotopic (exact) mass is 300 g/mol. The molecule has 1 rings (SSSR count). The fourth-order valence-corrected chi connectivity index (χ4v) is 1.88. The van der Waals surface area contributed by atoms with Crippen LogP contribution in [0.3, 0.4) is 0 Å². The van der Waals surface area contributed by atoms with E-state index < -0.39 is 0 Å². The zero-order chi connectivity index (χ0) is 12.8. The van der Waals surface area contributed by atoms with Crippen LogP contribution in [0.5, 0.6) is 5.75 Å². The summed E-state index contributed by atoms with van der Waals surface area (Å²) in [7, 11) is 0. The van der Waals surface area contributed by atoms with Gasteiger partial charge >= 0.3 is 0 Å². The Labute approximate surface area is 109 Å². The first-order valence-corrected chi connectivity index (χ1v) is 6.25. The Kier molecular flexibility index (Phi) is 5.44. The van der Waals surface area contributed by atoms with Crippen molar-refractivity contribution in [3.8, 4) is 5.75 Å². The molecule has 0 saturated heterocycles. The first-order valence-electron chi connectivity index (χ1n) is 5.45. The smallest absolute Gasteiger partial charge is 0.223 e. The average molecular weight is 301 g/mol. The Morgan fingerprint density at radius 3 is 2.82 bits per heavy atom. The number of hydrogen-bond acceptors (Lipinski definition) is 3. The van der Waals surface area contributed by atoms with Gasteiger partial charge in [0.15, 0.2) is 0 Å². The standard InChI is InChI=1S/C12H17BrN2O2/c1-8(12(15)16)7-17-11-9(5-6-14)3-2-4-10(11)13/h2-4,8H,5-7,14H2,1H3,(H2,15,16). The SMILES string of the molecule is CC(COc1c(Br)cccc1CCN)C(N)=O. The Hall–Kier alpha value is -1.07. The summed E-state index contributed by atoms with van der Waals surface area (Å²) in [5.74, 6) is 0.0660. The highest BCUT2D eigenvalue weighted by Gasteiger charge is 2.13. The molecule has 94 valence electrons. The van der Waals surface area contributed by atoms with Crippen molar-refractivity contribution in [3.63, 3.8) is 0 Å². The molecule has 0 spiro atoms. The molecule has 0 radical (unpaired) electrons. The van der Waals surface area contributed by atoms with Crippen LogP contribution in [0.4, 0.5) is 0 Å². The molecule has 0 aliphatic rings. The number of carbonyl (C=O) groups is 1. The van der Waals surface area contributed by atoms with E-state index in [1.54, 1.807) is 6.92 Å². The molecule has 0 aliphatic heterocycles. The maximum Gasteiger partial charge on any atom is 0.223 e. The van der Waals surface area contributed by atoms with Gasteiger partial charge in [0.2, 0.25) is 5.91 Å². The molecule has 0 fully saturated rings. The van der Waals surface area contributed by atoms with Crippen molar-refractivity contribution in [2.75, 3.05) is 13.2 Å². The van der Waals surface area contributed by atoms with E-state index in [1.807, 2.05) is 18.2 Å². The van der Waals surface area contributed by atoms with Crippen molar-refractivity contribution in [3.05, 3.63) is 28.2 Å². The third-order valence-corrected chi connectivity index (χ3v) is 3.05.